The van der Waals surface area contributed by atoms with Crippen molar-refractivity contribution in [1.29, 1.82) is 0 Å². The Kier molecular flexibility index (Phi) is 2.66. The van der Waals surface area contributed by atoms with Crippen LogP contribution in [0.1, 0.15) is 5.69 Å². The molecule has 0 spiro atoms. The van der Waals surface area contributed by atoms with E-state index in [1.165, 1.54) is 0 Å². The highest BCUT2D eigenvalue weighted by atomic mass is 19.4. The molecule has 0 aliphatic heterocycles. The number of rotatable bonds is 1. The number of alkyl halides is 3. The minimum atomic E-state index is -5.55. The highest BCUT2D eigenvalue weighted by Gasteiger charge is 2.37. The van der Waals surface area contributed by atoms with Gasteiger partial charge in [0, 0.05) is 6.20 Å². The molecule has 1 heterocycles. The van der Waals surface area contributed by atoms with Gasteiger partial charge in [-0.25, -0.2) is 4.39 Å². The third-order valence-corrected chi connectivity index (χ3v) is 1.51. The maximum Gasteiger partial charge on any atom is 0.511 e. The second-order valence-electron chi connectivity index (χ2n) is 2.67. The molecule has 0 aliphatic carbocycles. The molecular formula is C6H2BF7N-. The van der Waals surface area contributed by atoms with Crippen LogP contribution in [0.5, 0.6) is 0 Å². The monoisotopic (exact) mass is 232 g/mol. The Morgan fingerprint density at radius 2 is 1.67 bits per heavy atom. The van der Waals surface area contributed by atoms with Crippen molar-refractivity contribution >= 4 is 12.4 Å². The van der Waals surface area contributed by atoms with Crippen LogP contribution >= 0.6 is 0 Å². The van der Waals surface area contributed by atoms with E-state index in [2.05, 4.69) is 4.98 Å². The first-order valence-electron chi connectivity index (χ1n) is 3.55. The zero-order chi connectivity index (χ0) is 11.9. The average molecular weight is 232 g/mol. The molecule has 15 heavy (non-hydrogen) atoms. The van der Waals surface area contributed by atoms with Crippen LogP contribution in [0.3, 0.4) is 0 Å². The van der Waals surface area contributed by atoms with Crippen molar-refractivity contribution in [2.75, 3.05) is 0 Å². The summed E-state index contributed by atoms with van der Waals surface area (Å²) in [5.74, 6) is -2.03. The van der Waals surface area contributed by atoms with Gasteiger partial charge in [-0.1, -0.05) is 5.46 Å². The number of hydrogen-bond donors (Lipinski definition) is 0. The molecule has 9 heteroatoms. The fourth-order valence-electron chi connectivity index (χ4n) is 0.840. The quantitative estimate of drug-likeness (QED) is 0.534. The van der Waals surface area contributed by atoms with Crippen LogP contribution in [0.15, 0.2) is 12.3 Å². The molecule has 0 unspecified atom stereocenters. The SMILES string of the molecule is Fc1cc([B-](F)(F)F)cnc1C(F)(F)F. The maximum absolute atomic E-state index is 12.6. The number of aromatic nitrogens is 1. The molecule has 0 radical (unpaired) electrons. The Bertz CT molecular complexity index is 369. The Labute approximate surface area is 79.0 Å². The lowest BCUT2D eigenvalue weighted by Crippen LogP contribution is -2.35. The summed E-state index contributed by atoms with van der Waals surface area (Å²) in [5.41, 5.74) is -3.45. The summed E-state index contributed by atoms with van der Waals surface area (Å²) in [6.45, 7) is -5.55. The molecule has 0 N–H and O–H groups in total. The highest BCUT2D eigenvalue weighted by Crippen LogP contribution is 2.29. The van der Waals surface area contributed by atoms with Crippen molar-refractivity contribution in [2.24, 2.45) is 0 Å². The van der Waals surface area contributed by atoms with Crippen LogP contribution in [0.2, 0.25) is 0 Å². The standard InChI is InChI=1S/C6H2BF7N/c8-4-1-3(7(12,13)14)2-15-5(4)6(9,10)11/h1-2H/q-1. The molecule has 1 aromatic rings. The van der Waals surface area contributed by atoms with Crippen molar-refractivity contribution in [3.63, 3.8) is 0 Å². The molecule has 0 saturated carbocycles. The molecule has 0 bridgehead atoms. The number of halogens is 7. The Hall–Kier alpha value is -1.28. The molecular weight excluding hydrogens is 230 g/mol. The number of hydrogen-bond acceptors (Lipinski definition) is 1. The second kappa shape index (κ2) is 3.39. The van der Waals surface area contributed by atoms with Crippen molar-refractivity contribution in [2.45, 2.75) is 6.18 Å². The van der Waals surface area contributed by atoms with Gasteiger partial charge in [0.15, 0.2) is 11.5 Å². The fourth-order valence-corrected chi connectivity index (χ4v) is 0.840. The highest BCUT2D eigenvalue weighted by molar-refractivity contribution is 6.73. The Balaban J connectivity index is 3.21. The molecule has 0 amide bonds. The number of nitrogens with zero attached hydrogens (tertiary/aromatic N) is 1. The summed E-state index contributed by atoms with van der Waals surface area (Å²) in [7, 11) is 0. The largest absolute Gasteiger partial charge is 0.511 e. The summed E-state index contributed by atoms with van der Waals surface area (Å²) in [6.07, 6.45) is -5.13. The van der Waals surface area contributed by atoms with Crippen molar-refractivity contribution in [3.8, 4) is 0 Å². The summed E-state index contributed by atoms with van der Waals surface area (Å²) in [5, 5.41) is 0. The Morgan fingerprint density at radius 3 is 2.00 bits per heavy atom. The molecule has 0 saturated heterocycles. The lowest BCUT2D eigenvalue weighted by Gasteiger charge is -2.15. The van der Waals surface area contributed by atoms with Gasteiger partial charge in [0.2, 0.25) is 0 Å². The van der Waals surface area contributed by atoms with E-state index in [-0.39, 0.29) is 12.3 Å². The minimum Gasteiger partial charge on any atom is -0.445 e. The molecule has 1 aromatic heterocycles. The first kappa shape index (κ1) is 11.8. The minimum absolute atomic E-state index is 0.0358. The lowest BCUT2D eigenvalue weighted by atomic mass is 9.81. The van der Waals surface area contributed by atoms with Crippen LogP contribution < -0.4 is 5.46 Å². The third kappa shape index (κ3) is 2.60. The van der Waals surface area contributed by atoms with E-state index in [1.54, 1.807) is 0 Å². The lowest BCUT2D eigenvalue weighted by molar-refractivity contribution is -0.143. The molecule has 1 nitrogen and oxygen atoms in total. The first-order valence-corrected chi connectivity index (χ1v) is 3.55. The average Bonchev–Trinajstić information content (AvgIpc) is 1.99. The summed E-state index contributed by atoms with van der Waals surface area (Å²) in [6, 6.07) is -0.212. The van der Waals surface area contributed by atoms with Crippen molar-refractivity contribution in [1.82, 2.24) is 4.98 Å². The smallest absolute Gasteiger partial charge is 0.445 e. The maximum atomic E-state index is 12.6. The fraction of sp³-hybridized carbons (Fsp3) is 0.167. The van der Waals surface area contributed by atoms with Gasteiger partial charge in [-0.2, -0.15) is 13.2 Å². The van der Waals surface area contributed by atoms with Crippen LogP contribution in [0.25, 0.3) is 0 Å². The van der Waals surface area contributed by atoms with E-state index in [0.717, 1.165) is 0 Å². The molecule has 0 fully saturated rings. The second-order valence-corrected chi connectivity index (χ2v) is 2.67. The van der Waals surface area contributed by atoms with Crippen LogP contribution in [0.4, 0.5) is 30.5 Å². The van der Waals surface area contributed by atoms with E-state index in [1.807, 2.05) is 0 Å². The third-order valence-electron chi connectivity index (χ3n) is 1.51. The normalized spacial score (nSPS) is 13.0. The van der Waals surface area contributed by atoms with Gasteiger partial charge in [0.1, 0.15) is 0 Å². The van der Waals surface area contributed by atoms with Gasteiger partial charge in [0.25, 0.3) is 0 Å². The van der Waals surface area contributed by atoms with Crippen LogP contribution in [-0.2, 0) is 6.18 Å². The molecule has 0 aromatic carbocycles. The van der Waals surface area contributed by atoms with Gasteiger partial charge in [0.05, 0.1) is 0 Å². The zero-order valence-corrected chi connectivity index (χ0v) is 6.83. The molecule has 0 aliphatic rings. The molecule has 1 rings (SSSR count). The number of pyridine rings is 1. The summed E-state index contributed by atoms with van der Waals surface area (Å²) in [4.78, 5) is 2.41. The van der Waals surface area contributed by atoms with Crippen LogP contribution in [-0.4, -0.2) is 12.0 Å². The summed E-state index contributed by atoms with van der Waals surface area (Å²) < 4.78 is 84.2. The van der Waals surface area contributed by atoms with Crippen molar-refractivity contribution < 1.29 is 30.5 Å². The predicted octanol–water partition coefficient (Wildman–Crippen LogP) is 2.29. The molecule has 0 atom stereocenters. The Morgan fingerprint density at radius 1 is 1.13 bits per heavy atom. The predicted molar refractivity (Wildman–Crippen MR) is 37.9 cm³/mol. The summed E-state index contributed by atoms with van der Waals surface area (Å²) >= 11 is 0. The molecule has 84 valence electrons. The van der Waals surface area contributed by atoms with Crippen LogP contribution in [0, 0.1) is 5.82 Å². The van der Waals surface area contributed by atoms with E-state index in [4.69, 9.17) is 0 Å². The van der Waals surface area contributed by atoms with Gasteiger partial charge in [-0.05, 0) is 6.07 Å². The first-order chi connectivity index (χ1) is 6.62. The van der Waals surface area contributed by atoms with Gasteiger partial charge in [-0.3, -0.25) is 4.98 Å². The topological polar surface area (TPSA) is 12.9 Å². The van der Waals surface area contributed by atoms with E-state index in [9.17, 15) is 30.5 Å². The van der Waals surface area contributed by atoms with Gasteiger partial charge >= 0.3 is 13.2 Å². The van der Waals surface area contributed by atoms with E-state index in [0.29, 0.717) is 0 Å². The van der Waals surface area contributed by atoms with Crippen molar-refractivity contribution in [3.05, 3.63) is 23.8 Å². The zero-order valence-electron chi connectivity index (χ0n) is 6.83. The van der Waals surface area contributed by atoms with E-state index >= 15 is 0 Å². The van der Waals surface area contributed by atoms with E-state index < -0.39 is 30.1 Å². The van der Waals surface area contributed by atoms with Gasteiger partial charge in [-0.15, -0.1) is 0 Å². The van der Waals surface area contributed by atoms with Gasteiger partial charge < -0.3 is 12.9 Å².